The molecule has 2 aliphatic carbocycles. The molecule has 4 atom stereocenters. The Hall–Kier alpha value is -4.01. The average molecular weight is 461 g/mol. The Morgan fingerprint density at radius 3 is 2.32 bits per heavy atom. The van der Waals surface area contributed by atoms with E-state index < -0.39 is 4.92 Å². The minimum Gasteiger partial charge on any atom is -0.490 e. The Bertz CT molecular complexity index is 1180. The maximum Gasteiger partial charge on any atom is 0.269 e. The molecule has 2 aromatic rings. The first kappa shape index (κ1) is 21.8. The molecule has 34 heavy (non-hydrogen) atoms. The topological polar surface area (TPSA) is 111 Å². The third-order valence-electron chi connectivity index (χ3n) is 6.58. The van der Waals surface area contributed by atoms with Gasteiger partial charge in [-0.25, -0.2) is 0 Å². The van der Waals surface area contributed by atoms with Gasteiger partial charge in [0.05, 0.1) is 29.6 Å². The molecule has 9 heteroatoms. The van der Waals surface area contributed by atoms with Crippen LogP contribution in [0.4, 0.5) is 5.69 Å². The van der Waals surface area contributed by atoms with Crippen LogP contribution >= 0.6 is 0 Å². The first-order chi connectivity index (χ1) is 16.5. The summed E-state index contributed by atoms with van der Waals surface area (Å²) in [6.45, 7) is 2.47. The van der Waals surface area contributed by atoms with Crippen LogP contribution in [-0.2, 0) is 16.2 Å². The Kier molecular flexibility index (Phi) is 5.61. The number of hydrazone groups is 1. The molecule has 0 unspecified atom stereocenters. The second-order valence-corrected chi connectivity index (χ2v) is 8.58. The number of nitro benzene ring substituents is 1. The van der Waals surface area contributed by atoms with Gasteiger partial charge in [0.15, 0.2) is 11.5 Å². The van der Waals surface area contributed by atoms with Crippen LogP contribution in [0.15, 0.2) is 59.7 Å². The SMILES string of the molecule is CCOc1cc(/C=N\N2C(=O)[C@@H]3[C@H](C2=O)[C@H]2C=C[C@H]3C2)ccc1OCc1ccc([N+](=O)[O-])cc1. The van der Waals surface area contributed by atoms with Crippen molar-refractivity contribution in [3.05, 3.63) is 75.9 Å². The van der Waals surface area contributed by atoms with E-state index in [1.807, 2.05) is 19.1 Å². The Labute approximate surface area is 195 Å². The van der Waals surface area contributed by atoms with E-state index in [9.17, 15) is 19.7 Å². The molecule has 1 aliphatic heterocycles. The van der Waals surface area contributed by atoms with Crippen LogP contribution in [-0.4, -0.2) is 34.6 Å². The number of amides is 2. The first-order valence-electron chi connectivity index (χ1n) is 11.2. The summed E-state index contributed by atoms with van der Waals surface area (Å²) in [6, 6.07) is 11.4. The number of hydrogen-bond donors (Lipinski definition) is 0. The van der Waals surface area contributed by atoms with Crippen LogP contribution in [0, 0.1) is 33.8 Å². The normalized spacial score (nSPS) is 24.8. The second-order valence-electron chi connectivity index (χ2n) is 8.58. The lowest BCUT2D eigenvalue weighted by Gasteiger charge is -2.13. The summed E-state index contributed by atoms with van der Waals surface area (Å²) < 4.78 is 11.6. The number of carbonyl (C=O) groups excluding carboxylic acids is 2. The fourth-order valence-electron chi connectivity index (χ4n) is 4.99. The van der Waals surface area contributed by atoms with Crippen molar-refractivity contribution in [1.29, 1.82) is 0 Å². The molecule has 2 aromatic carbocycles. The molecular weight excluding hydrogens is 438 g/mol. The van der Waals surface area contributed by atoms with Gasteiger partial charge in [-0.15, -0.1) is 0 Å². The number of imide groups is 1. The molecule has 2 fully saturated rings. The van der Waals surface area contributed by atoms with Gasteiger partial charge in [0, 0.05) is 12.1 Å². The first-order valence-corrected chi connectivity index (χ1v) is 11.2. The summed E-state index contributed by atoms with van der Waals surface area (Å²) in [5.41, 5.74) is 1.45. The zero-order chi connectivity index (χ0) is 23.8. The standard InChI is InChI=1S/C25H23N3O6/c1-2-33-21-11-16(5-10-20(21)34-14-15-3-8-19(9-4-15)28(31)32)13-26-27-24(29)22-17-6-7-18(12-17)23(22)25(27)30/h3-11,13,17-18,22-23H,2,12,14H2,1H3/b26-13-/t17-,18-,22-,23+/m0/s1. The lowest BCUT2D eigenvalue weighted by atomic mass is 9.85. The molecule has 1 saturated carbocycles. The van der Waals surface area contributed by atoms with Gasteiger partial charge in [-0.3, -0.25) is 19.7 Å². The zero-order valence-electron chi connectivity index (χ0n) is 18.5. The van der Waals surface area contributed by atoms with Gasteiger partial charge in [-0.2, -0.15) is 10.1 Å². The minimum atomic E-state index is -0.449. The molecule has 0 spiro atoms. The van der Waals surface area contributed by atoms with Gasteiger partial charge in [0.25, 0.3) is 17.5 Å². The molecule has 3 aliphatic rings. The van der Waals surface area contributed by atoms with Gasteiger partial charge in [0.1, 0.15) is 6.61 Å². The van der Waals surface area contributed by atoms with Crippen LogP contribution in [0.1, 0.15) is 24.5 Å². The molecule has 2 bridgehead atoms. The predicted octanol–water partition coefficient (Wildman–Crippen LogP) is 3.71. The predicted molar refractivity (Wildman–Crippen MR) is 122 cm³/mol. The van der Waals surface area contributed by atoms with Crippen LogP contribution < -0.4 is 9.47 Å². The summed E-state index contributed by atoms with van der Waals surface area (Å²) in [4.78, 5) is 35.9. The molecule has 0 radical (unpaired) electrons. The molecule has 1 heterocycles. The quantitative estimate of drug-likeness (QED) is 0.195. The number of non-ortho nitro benzene ring substituents is 1. The number of benzene rings is 2. The number of ether oxygens (including phenoxy) is 2. The molecule has 0 N–H and O–H groups in total. The molecule has 1 saturated heterocycles. The van der Waals surface area contributed by atoms with Crippen molar-refractivity contribution in [2.45, 2.75) is 20.0 Å². The highest BCUT2D eigenvalue weighted by Gasteiger charge is 2.59. The van der Waals surface area contributed by atoms with E-state index in [1.165, 1.54) is 18.3 Å². The van der Waals surface area contributed by atoms with Gasteiger partial charge in [0.2, 0.25) is 0 Å². The molecule has 5 rings (SSSR count). The number of allylic oxidation sites excluding steroid dienone is 2. The van der Waals surface area contributed by atoms with Gasteiger partial charge >= 0.3 is 0 Å². The molecule has 2 amide bonds. The maximum absolute atomic E-state index is 12.8. The Morgan fingerprint density at radius 1 is 1.03 bits per heavy atom. The van der Waals surface area contributed by atoms with Crippen molar-refractivity contribution < 1.29 is 24.0 Å². The highest BCUT2D eigenvalue weighted by Crippen LogP contribution is 2.52. The van der Waals surface area contributed by atoms with Crippen molar-refractivity contribution in [2.75, 3.05) is 6.61 Å². The number of nitrogens with zero attached hydrogens (tertiary/aromatic N) is 3. The van der Waals surface area contributed by atoms with Crippen LogP contribution in [0.3, 0.4) is 0 Å². The smallest absolute Gasteiger partial charge is 0.269 e. The third-order valence-corrected chi connectivity index (χ3v) is 6.58. The number of hydrogen-bond acceptors (Lipinski definition) is 7. The molecular formula is C25H23N3O6. The highest BCUT2D eigenvalue weighted by atomic mass is 16.6. The van der Waals surface area contributed by atoms with E-state index in [1.54, 1.807) is 30.3 Å². The summed E-state index contributed by atoms with van der Waals surface area (Å²) >= 11 is 0. The largest absolute Gasteiger partial charge is 0.490 e. The van der Waals surface area contributed by atoms with E-state index >= 15 is 0 Å². The summed E-state index contributed by atoms with van der Waals surface area (Å²) in [7, 11) is 0. The minimum absolute atomic E-state index is 0.0184. The Morgan fingerprint density at radius 2 is 1.71 bits per heavy atom. The summed E-state index contributed by atoms with van der Waals surface area (Å²) in [5.74, 6) is 0.260. The monoisotopic (exact) mass is 461 g/mol. The number of fused-ring (bicyclic) bond motifs is 5. The van der Waals surface area contributed by atoms with Crippen molar-refractivity contribution in [3.63, 3.8) is 0 Å². The lowest BCUT2D eigenvalue weighted by molar-refractivity contribution is -0.384. The van der Waals surface area contributed by atoms with E-state index in [2.05, 4.69) is 5.10 Å². The summed E-state index contributed by atoms with van der Waals surface area (Å²) in [5, 5.41) is 16.0. The van der Waals surface area contributed by atoms with Crippen molar-refractivity contribution >= 4 is 23.7 Å². The average Bonchev–Trinajstić information content (AvgIpc) is 3.52. The van der Waals surface area contributed by atoms with Crippen molar-refractivity contribution in [2.24, 2.45) is 28.8 Å². The van der Waals surface area contributed by atoms with Gasteiger partial charge < -0.3 is 9.47 Å². The molecule has 0 aromatic heterocycles. The third kappa shape index (κ3) is 3.83. The highest BCUT2D eigenvalue weighted by molar-refractivity contribution is 6.06. The van der Waals surface area contributed by atoms with Crippen molar-refractivity contribution in [3.8, 4) is 11.5 Å². The zero-order valence-corrected chi connectivity index (χ0v) is 18.5. The van der Waals surface area contributed by atoms with E-state index in [-0.39, 0.29) is 47.8 Å². The van der Waals surface area contributed by atoms with Crippen LogP contribution in [0.5, 0.6) is 11.5 Å². The van der Waals surface area contributed by atoms with Crippen LogP contribution in [0.2, 0.25) is 0 Å². The molecule has 9 nitrogen and oxygen atoms in total. The second kappa shape index (κ2) is 8.74. The summed E-state index contributed by atoms with van der Waals surface area (Å²) in [6.07, 6.45) is 6.46. The maximum atomic E-state index is 12.8. The number of rotatable bonds is 8. The molecule has 174 valence electrons. The van der Waals surface area contributed by atoms with E-state index in [0.717, 1.165) is 17.0 Å². The Balaban J connectivity index is 1.28. The van der Waals surface area contributed by atoms with E-state index in [4.69, 9.17) is 9.47 Å². The van der Waals surface area contributed by atoms with Crippen molar-refractivity contribution in [1.82, 2.24) is 5.01 Å². The number of nitro groups is 1. The van der Waals surface area contributed by atoms with Gasteiger partial charge in [-0.1, -0.05) is 12.2 Å². The van der Waals surface area contributed by atoms with Crippen LogP contribution in [0.25, 0.3) is 0 Å². The lowest BCUT2D eigenvalue weighted by Crippen LogP contribution is -2.28. The van der Waals surface area contributed by atoms with E-state index in [0.29, 0.717) is 23.7 Å². The number of carbonyl (C=O) groups is 2. The van der Waals surface area contributed by atoms with Gasteiger partial charge in [-0.05, 0) is 66.6 Å². The fourth-order valence-corrected chi connectivity index (χ4v) is 4.99. The fraction of sp³-hybridized carbons (Fsp3) is 0.320.